The Morgan fingerprint density at radius 2 is 1.96 bits per heavy atom. The van der Waals surface area contributed by atoms with Crippen LogP contribution in [-0.4, -0.2) is 38.9 Å². The normalized spacial score (nSPS) is 17.7. The van der Waals surface area contributed by atoms with E-state index in [1.807, 2.05) is 11.4 Å². The molecule has 1 aliphatic heterocycles. The maximum Gasteiger partial charge on any atom is 0.165 e. The van der Waals surface area contributed by atoms with Crippen molar-refractivity contribution >= 4 is 11.5 Å². The Labute approximate surface area is 158 Å². The van der Waals surface area contributed by atoms with Crippen LogP contribution in [0.5, 0.6) is 0 Å². The maximum absolute atomic E-state index is 13.4. The highest BCUT2D eigenvalue weighted by atomic mass is 19.1. The van der Waals surface area contributed by atoms with Crippen LogP contribution < -0.4 is 4.90 Å². The van der Waals surface area contributed by atoms with E-state index in [-0.39, 0.29) is 11.9 Å². The van der Waals surface area contributed by atoms with Gasteiger partial charge in [0.15, 0.2) is 5.65 Å². The fourth-order valence-corrected chi connectivity index (χ4v) is 3.95. The van der Waals surface area contributed by atoms with Crippen molar-refractivity contribution in [3.8, 4) is 11.1 Å². The largest absolute Gasteiger partial charge is 0.391 e. The van der Waals surface area contributed by atoms with Gasteiger partial charge in [0.2, 0.25) is 0 Å². The van der Waals surface area contributed by atoms with E-state index in [9.17, 15) is 9.50 Å². The van der Waals surface area contributed by atoms with Crippen molar-refractivity contribution in [3.63, 3.8) is 0 Å². The monoisotopic (exact) mass is 368 g/mol. The fourth-order valence-electron chi connectivity index (χ4n) is 3.95. The van der Waals surface area contributed by atoms with Crippen LogP contribution in [0.3, 0.4) is 0 Å². The lowest BCUT2D eigenvalue weighted by molar-refractivity contribution is 0.153. The second kappa shape index (κ2) is 6.93. The first-order valence-corrected chi connectivity index (χ1v) is 9.57. The van der Waals surface area contributed by atoms with Gasteiger partial charge in [0.1, 0.15) is 11.6 Å². The standard InChI is InChI=1S/C21H25FN4O/c1-4-18-19(15-7-9-16(22)10-8-15)20-23-14(3)13(2)21(26(20)24-18)25-11-5-6-17(27)12-25/h7-10,17,27H,4-6,11-12H2,1-3H3/t17-/m1/s1. The quantitative estimate of drug-likeness (QED) is 0.766. The lowest BCUT2D eigenvalue weighted by Crippen LogP contribution is -2.40. The van der Waals surface area contributed by atoms with E-state index in [0.29, 0.717) is 6.54 Å². The van der Waals surface area contributed by atoms with E-state index in [1.165, 1.54) is 12.1 Å². The van der Waals surface area contributed by atoms with Crippen LogP contribution in [0.15, 0.2) is 24.3 Å². The van der Waals surface area contributed by atoms with E-state index in [2.05, 4.69) is 18.7 Å². The van der Waals surface area contributed by atoms with Crippen molar-refractivity contribution in [2.45, 2.75) is 46.1 Å². The fraction of sp³-hybridized carbons (Fsp3) is 0.429. The summed E-state index contributed by atoms with van der Waals surface area (Å²) in [6.07, 6.45) is 2.23. The third-order valence-corrected chi connectivity index (χ3v) is 5.45. The van der Waals surface area contributed by atoms with Crippen molar-refractivity contribution in [3.05, 3.63) is 47.0 Å². The summed E-state index contributed by atoms with van der Waals surface area (Å²) < 4.78 is 15.3. The highest BCUT2D eigenvalue weighted by molar-refractivity contribution is 5.81. The molecule has 142 valence electrons. The van der Waals surface area contributed by atoms with E-state index in [4.69, 9.17) is 10.1 Å². The van der Waals surface area contributed by atoms with Gasteiger partial charge >= 0.3 is 0 Å². The van der Waals surface area contributed by atoms with Gasteiger partial charge in [0.25, 0.3) is 0 Å². The molecule has 0 bridgehead atoms. The van der Waals surface area contributed by atoms with Crippen molar-refractivity contribution in [1.82, 2.24) is 14.6 Å². The third-order valence-electron chi connectivity index (χ3n) is 5.45. The highest BCUT2D eigenvalue weighted by Crippen LogP contribution is 2.33. The Morgan fingerprint density at radius 3 is 2.63 bits per heavy atom. The first-order chi connectivity index (χ1) is 13.0. The molecule has 0 radical (unpaired) electrons. The predicted octanol–water partition coefficient (Wildman–Crippen LogP) is 3.68. The van der Waals surface area contributed by atoms with Crippen LogP contribution in [0, 0.1) is 19.7 Å². The molecule has 3 heterocycles. The molecule has 1 aliphatic rings. The maximum atomic E-state index is 13.4. The van der Waals surface area contributed by atoms with E-state index in [0.717, 1.165) is 65.4 Å². The molecule has 1 atom stereocenters. The van der Waals surface area contributed by atoms with Gasteiger partial charge in [-0.2, -0.15) is 9.61 Å². The minimum Gasteiger partial charge on any atom is -0.391 e. The molecule has 1 N–H and O–H groups in total. The number of aromatic nitrogens is 3. The average Bonchev–Trinajstić information content (AvgIpc) is 3.01. The molecule has 1 saturated heterocycles. The zero-order valence-electron chi connectivity index (χ0n) is 16.0. The average molecular weight is 368 g/mol. The van der Waals surface area contributed by atoms with Crippen LogP contribution in [-0.2, 0) is 6.42 Å². The van der Waals surface area contributed by atoms with Crippen LogP contribution in [0.1, 0.15) is 36.7 Å². The van der Waals surface area contributed by atoms with Crippen LogP contribution in [0.4, 0.5) is 10.2 Å². The lowest BCUT2D eigenvalue weighted by Gasteiger charge is -2.33. The smallest absolute Gasteiger partial charge is 0.165 e. The molecule has 3 aromatic rings. The van der Waals surface area contributed by atoms with Crippen molar-refractivity contribution in [1.29, 1.82) is 0 Å². The molecule has 1 aromatic carbocycles. The summed E-state index contributed by atoms with van der Waals surface area (Å²) in [7, 11) is 0. The number of hydrogen-bond acceptors (Lipinski definition) is 4. The molecule has 0 unspecified atom stereocenters. The van der Waals surface area contributed by atoms with E-state index in [1.54, 1.807) is 12.1 Å². The molecule has 0 spiro atoms. The highest BCUT2D eigenvalue weighted by Gasteiger charge is 2.25. The molecular weight excluding hydrogens is 343 g/mol. The van der Waals surface area contributed by atoms with Gasteiger partial charge in [-0.05, 0) is 50.8 Å². The summed E-state index contributed by atoms with van der Waals surface area (Å²) in [5.74, 6) is 0.746. The Hall–Kier alpha value is -2.47. The van der Waals surface area contributed by atoms with Gasteiger partial charge in [-0.25, -0.2) is 9.37 Å². The summed E-state index contributed by atoms with van der Waals surface area (Å²) in [5, 5.41) is 15.0. The Morgan fingerprint density at radius 1 is 1.22 bits per heavy atom. The van der Waals surface area contributed by atoms with Crippen LogP contribution in [0.25, 0.3) is 16.8 Å². The molecule has 0 saturated carbocycles. The number of aliphatic hydroxyl groups is 1. The molecule has 27 heavy (non-hydrogen) atoms. The molecule has 0 amide bonds. The summed E-state index contributed by atoms with van der Waals surface area (Å²) in [6.45, 7) is 7.63. The molecule has 4 rings (SSSR count). The molecule has 5 nitrogen and oxygen atoms in total. The summed E-state index contributed by atoms with van der Waals surface area (Å²) in [5.41, 5.74) is 5.63. The first kappa shape index (κ1) is 17.9. The number of hydrogen-bond donors (Lipinski definition) is 1. The number of piperidine rings is 1. The second-order valence-electron chi connectivity index (χ2n) is 7.31. The number of benzene rings is 1. The number of halogens is 1. The van der Waals surface area contributed by atoms with Gasteiger partial charge in [-0.15, -0.1) is 0 Å². The van der Waals surface area contributed by atoms with Crippen LogP contribution in [0.2, 0.25) is 0 Å². The first-order valence-electron chi connectivity index (χ1n) is 9.57. The topological polar surface area (TPSA) is 53.7 Å². The zero-order valence-corrected chi connectivity index (χ0v) is 16.0. The number of rotatable bonds is 3. The van der Waals surface area contributed by atoms with Crippen molar-refractivity contribution < 1.29 is 9.50 Å². The van der Waals surface area contributed by atoms with E-state index >= 15 is 0 Å². The molecule has 6 heteroatoms. The van der Waals surface area contributed by atoms with Gasteiger partial charge in [-0.3, -0.25) is 0 Å². The predicted molar refractivity (Wildman–Crippen MR) is 105 cm³/mol. The molecular formula is C21H25FN4O. The van der Waals surface area contributed by atoms with Gasteiger partial charge < -0.3 is 10.0 Å². The summed E-state index contributed by atoms with van der Waals surface area (Å²) in [4.78, 5) is 7.05. The molecule has 1 fully saturated rings. The third kappa shape index (κ3) is 3.08. The van der Waals surface area contributed by atoms with E-state index < -0.39 is 0 Å². The number of β-amino-alcohol motifs (C(OH)–C–C–N with tert-alkyl or cyclic N) is 1. The Balaban J connectivity index is 1.97. The van der Waals surface area contributed by atoms with Gasteiger partial charge in [-0.1, -0.05) is 19.1 Å². The number of aryl methyl sites for hydroxylation is 2. The molecule has 0 aliphatic carbocycles. The van der Waals surface area contributed by atoms with Crippen molar-refractivity contribution in [2.24, 2.45) is 0 Å². The minimum absolute atomic E-state index is 0.253. The second-order valence-corrected chi connectivity index (χ2v) is 7.31. The lowest BCUT2D eigenvalue weighted by atomic mass is 10.0. The molecule has 2 aromatic heterocycles. The Kier molecular flexibility index (Phi) is 4.60. The summed E-state index contributed by atoms with van der Waals surface area (Å²) >= 11 is 0. The Bertz CT molecular complexity index is 980. The number of anilines is 1. The van der Waals surface area contributed by atoms with Crippen LogP contribution >= 0.6 is 0 Å². The van der Waals surface area contributed by atoms with Crippen molar-refractivity contribution in [2.75, 3.05) is 18.0 Å². The summed E-state index contributed by atoms with van der Waals surface area (Å²) in [6, 6.07) is 6.52. The van der Waals surface area contributed by atoms with Gasteiger partial charge in [0.05, 0.1) is 11.8 Å². The number of aliphatic hydroxyl groups excluding tert-OH is 1. The number of fused-ring (bicyclic) bond motifs is 1. The number of nitrogens with zero attached hydrogens (tertiary/aromatic N) is 4. The zero-order chi connectivity index (χ0) is 19.1. The minimum atomic E-state index is -0.320. The van der Waals surface area contributed by atoms with Gasteiger partial charge in [0, 0.05) is 29.9 Å². The SMILES string of the molecule is CCc1nn2c(N3CCC[C@@H](O)C3)c(C)c(C)nc2c1-c1ccc(F)cc1.